The zero-order valence-corrected chi connectivity index (χ0v) is 20.4. The summed E-state index contributed by atoms with van der Waals surface area (Å²) in [5.74, 6) is -0.174. The minimum absolute atomic E-state index is 0.0667. The van der Waals surface area contributed by atoms with E-state index in [2.05, 4.69) is 10.3 Å². The first-order chi connectivity index (χ1) is 16.2. The number of rotatable bonds is 10. The van der Waals surface area contributed by atoms with Crippen molar-refractivity contribution in [2.24, 2.45) is 0 Å². The molecule has 3 rings (SSSR count). The van der Waals surface area contributed by atoms with E-state index in [1.54, 1.807) is 41.4 Å². The van der Waals surface area contributed by atoms with E-state index in [4.69, 9.17) is 5.73 Å². The summed E-state index contributed by atoms with van der Waals surface area (Å²) >= 11 is 1.46. The Kier molecular flexibility index (Phi) is 8.50. The number of hydrogen-bond acceptors (Lipinski definition) is 7. The molecule has 0 radical (unpaired) electrons. The number of nitrogens with zero attached hydrogens (tertiary/aromatic N) is 3. The number of ketones is 2. The number of Topliss-reactive ketones (excluding diaryl/α,β-unsaturated/α-hetero) is 2. The fourth-order valence-electron chi connectivity index (χ4n) is 3.24. The van der Waals surface area contributed by atoms with Crippen LogP contribution in [-0.2, 0) is 13.0 Å². The van der Waals surface area contributed by atoms with Gasteiger partial charge in [-0.1, -0.05) is 18.2 Å². The summed E-state index contributed by atoms with van der Waals surface area (Å²) in [7, 11) is 3.88. The van der Waals surface area contributed by atoms with Gasteiger partial charge < -0.3 is 20.9 Å². The highest BCUT2D eigenvalue weighted by molar-refractivity contribution is 7.08. The van der Waals surface area contributed by atoms with Gasteiger partial charge in [-0.25, -0.2) is 4.79 Å². The van der Waals surface area contributed by atoms with Crippen molar-refractivity contribution in [3.8, 4) is 0 Å². The van der Waals surface area contributed by atoms with E-state index in [1.165, 1.54) is 18.3 Å². The van der Waals surface area contributed by atoms with Gasteiger partial charge >= 0.3 is 6.03 Å². The van der Waals surface area contributed by atoms with Gasteiger partial charge in [-0.3, -0.25) is 14.6 Å². The van der Waals surface area contributed by atoms with E-state index >= 15 is 0 Å². The van der Waals surface area contributed by atoms with Crippen LogP contribution in [0.1, 0.15) is 38.9 Å². The van der Waals surface area contributed by atoms with Crippen molar-refractivity contribution in [1.29, 1.82) is 0 Å². The van der Waals surface area contributed by atoms with Gasteiger partial charge in [0.1, 0.15) is 5.69 Å². The molecule has 2 aromatic heterocycles. The van der Waals surface area contributed by atoms with Crippen LogP contribution in [-0.4, -0.2) is 59.6 Å². The molecule has 0 aliphatic carbocycles. The number of carbonyl (C=O) groups excluding carboxylic acids is 3. The first-order valence-electron chi connectivity index (χ1n) is 10.8. The van der Waals surface area contributed by atoms with E-state index in [0.717, 1.165) is 11.1 Å². The molecule has 3 aromatic rings. The van der Waals surface area contributed by atoms with Crippen LogP contribution in [0, 0.1) is 0 Å². The van der Waals surface area contributed by atoms with Crippen molar-refractivity contribution < 1.29 is 14.4 Å². The average molecular weight is 480 g/mol. The minimum Gasteiger partial charge on any atom is -0.398 e. The molecule has 0 aliphatic heterocycles. The second-order valence-electron chi connectivity index (χ2n) is 8.30. The summed E-state index contributed by atoms with van der Waals surface area (Å²) < 4.78 is 0. The number of thiophene rings is 1. The second-order valence-corrected chi connectivity index (χ2v) is 9.04. The second kappa shape index (κ2) is 11.5. The predicted octanol–water partition coefficient (Wildman–Crippen LogP) is 3.95. The number of nitrogens with two attached hydrogens (primary N) is 1. The molecule has 2 heterocycles. The molecule has 0 aliphatic rings. The molecule has 0 saturated heterocycles. The fraction of sp³-hybridized carbons (Fsp3) is 0.280. The third-order valence-electron chi connectivity index (χ3n) is 5.24. The predicted molar refractivity (Wildman–Crippen MR) is 135 cm³/mol. The van der Waals surface area contributed by atoms with Crippen LogP contribution in [0.15, 0.2) is 53.4 Å². The van der Waals surface area contributed by atoms with Crippen LogP contribution >= 0.6 is 11.3 Å². The van der Waals surface area contributed by atoms with Gasteiger partial charge in [0.2, 0.25) is 0 Å². The number of amides is 2. The van der Waals surface area contributed by atoms with Gasteiger partial charge in [-0.05, 0) is 55.7 Å². The number of nitrogens with one attached hydrogen (secondary N) is 1. The van der Waals surface area contributed by atoms with Crippen molar-refractivity contribution in [2.45, 2.75) is 19.9 Å². The first-order valence-corrected chi connectivity index (χ1v) is 11.8. The molecule has 8 nitrogen and oxygen atoms in total. The van der Waals surface area contributed by atoms with E-state index in [0.29, 0.717) is 42.3 Å². The van der Waals surface area contributed by atoms with Crippen LogP contribution in [0.2, 0.25) is 0 Å². The molecule has 0 fully saturated rings. The summed E-state index contributed by atoms with van der Waals surface area (Å²) in [6.45, 7) is 2.97. The van der Waals surface area contributed by atoms with E-state index in [-0.39, 0.29) is 24.0 Å². The number of anilines is 2. The molecule has 2 amide bonds. The standard InChI is InChI=1S/C25H29N5O3S/c1-17(31)19-5-4-6-21(11-19)28-25(33)30(10-9-29(2)3)14-18-7-8-23(27-13-18)24(32)12-20-15-34-16-22(20)26/h4-8,11,13,15-16H,9-10,12,14,26H2,1-3H3,(H,28,33). The van der Waals surface area contributed by atoms with Gasteiger partial charge in [0, 0.05) is 54.6 Å². The Balaban J connectivity index is 1.69. The molecule has 0 bridgehead atoms. The molecule has 0 atom stereocenters. The van der Waals surface area contributed by atoms with Crippen molar-refractivity contribution in [3.05, 3.63) is 75.7 Å². The zero-order valence-electron chi connectivity index (χ0n) is 19.6. The smallest absolute Gasteiger partial charge is 0.322 e. The Labute approximate surface area is 203 Å². The normalized spacial score (nSPS) is 10.8. The van der Waals surface area contributed by atoms with E-state index < -0.39 is 0 Å². The lowest BCUT2D eigenvalue weighted by Crippen LogP contribution is -2.39. The van der Waals surface area contributed by atoms with Crippen LogP contribution in [0.25, 0.3) is 0 Å². The fourth-order valence-corrected chi connectivity index (χ4v) is 3.99. The van der Waals surface area contributed by atoms with E-state index in [1.807, 2.05) is 35.8 Å². The molecule has 178 valence electrons. The number of hydrogen-bond donors (Lipinski definition) is 2. The van der Waals surface area contributed by atoms with Crippen molar-refractivity contribution in [3.63, 3.8) is 0 Å². The highest BCUT2D eigenvalue weighted by Crippen LogP contribution is 2.19. The van der Waals surface area contributed by atoms with Gasteiger partial charge in [0.15, 0.2) is 11.6 Å². The minimum atomic E-state index is -0.282. The Bertz CT molecular complexity index is 1160. The third-order valence-corrected chi connectivity index (χ3v) is 6.05. The molecule has 0 saturated carbocycles. The first kappa shape index (κ1) is 25.1. The van der Waals surface area contributed by atoms with Gasteiger partial charge in [-0.2, -0.15) is 0 Å². The van der Waals surface area contributed by atoms with Crippen LogP contribution in [0.3, 0.4) is 0 Å². The largest absolute Gasteiger partial charge is 0.398 e. The number of pyridine rings is 1. The number of urea groups is 1. The highest BCUT2D eigenvalue weighted by Gasteiger charge is 2.17. The molecular weight excluding hydrogens is 450 g/mol. The maximum Gasteiger partial charge on any atom is 0.322 e. The quantitative estimate of drug-likeness (QED) is 0.426. The maximum atomic E-state index is 13.0. The zero-order chi connectivity index (χ0) is 24.7. The Morgan fingerprint density at radius 3 is 2.50 bits per heavy atom. The SMILES string of the molecule is CC(=O)c1cccc(NC(=O)N(CCN(C)C)Cc2ccc(C(=O)Cc3cscc3N)nc2)c1. The lowest BCUT2D eigenvalue weighted by atomic mass is 10.1. The van der Waals surface area contributed by atoms with Crippen LogP contribution in [0.5, 0.6) is 0 Å². The molecule has 34 heavy (non-hydrogen) atoms. The Hall–Kier alpha value is -3.56. The number of carbonyl (C=O) groups is 3. The van der Waals surface area contributed by atoms with Gasteiger partial charge in [-0.15, -0.1) is 11.3 Å². The molecule has 9 heteroatoms. The molecule has 0 unspecified atom stereocenters. The number of nitrogen functional groups attached to an aromatic ring is 1. The van der Waals surface area contributed by atoms with E-state index in [9.17, 15) is 14.4 Å². The van der Waals surface area contributed by atoms with Gasteiger partial charge in [0.05, 0.1) is 0 Å². The lowest BCUT2D eigenvalue weighted by molar-refractivity contribution is 0.0986. The summed E-state index contributed by atoms with van der Waals surface area (Å²) in [5, 5.41) is 6.55. The van der Waals surface area contributed by atoms with Crippen molar-refractivity contribution >= 4 is 40.3 Å². The van der Waals surface area contributed by atoms with Crippen LogP contribution in [0.4, 0.5) is 16.2 Å². The van der Waals surface area contributed by atoms with Gasteiger partial charge in [0.25, 0.3) is 0 Å². The number of likely N-dealkylation sites (N-methyl/N-ethyl adjacent to an activating group) is 1. The molecule has 3 N–H and O–H groups in total. The van der Waals surface area contributed by atoms with Crippen LogP contribution < -0.4 is 11.1 Å². The topological polar surface area (TPSA) is 109 Å². The third kappa shape index (κ3) is 6.97. The number of aromatic nitrogens is 1. The van der Waals surface area contributed by atoms with Crippen molar-refractivity contribution in [2.75, 3.05) is 38.2 Å². The lowest BCUT2D eigenvalue weighted by Gasteiger charge is -2.25. The maximum absolute atomic E-state index is 13.0. The Morgan fingerprint density at radius 2 is 1.88 bits per heavy atom. The summed E-state index contributed by atoms with van der Waals surface area (Å²) in [6.07, 6.45) is 1.83. The molecule has 1 aromatic carbocycles. The number of benzene rings is 1. The van der Waals surface area contributed by atoms with Crippen molar-refractivity contribution in [1.82, 2.24) is 14.8 Å². The average Bonchev–Trinajstić information content (AvgIpc) is 3.21. The Morgan fingerprint density at radius 1 is 1.09 bits per heavy atom. The highest BCUT2D eigenvalue weighted by atomic mass is 32.1. The summed E-state index contributed by atoms with van der Waals surface area (Å²) in [4.78, 5) is 45.2. The summed E-state index contributed by atoms with van der Waals surface area (Å²) in [5.41, 5.74) is 9.55. The summed E-state index contributed by atoms with van der Waals surface area (Å²) in [6, 6.07) is 10.1. The monoisotopic (exact) mass is 479 g/mol. The molecule has 0 spiro atoms. The molecular formula is C25H29N5O3S.